The lowest BCUT2D eigenvalue weighted by molar-refractivity contribution is 0.0188. The lowest BCUT2D eigenvalue weighted by Gasteiger charge is -2.34. The Hall–Kier alpha value is -1.97. The van der Waals surface area contributed by atoms with Crippen molar-refractivity contribution in [2.75, 3.05) is 13.1 Å². The lowest BCUT2D eigenvalue weighted by atomic mass is 10.1. The van der Waals surface area contributed by atoms with Gasteiger partial charge in [0.15, 0.2) is 0 Å². The molecular weight excluding hydrogens is 288 g/mol. The topological polar surface area (TPSA) is 34.5 Å². The zero-order valence-corrected chi connectivity index (χ0v) is 14.7. The number of hydrogen-bond donors (Lipinski definition) is 0. The third-order valence-corrected chi connectivity index (χ3v) is 4.00. The van der Waals surface area contributed by atoms with E-state index in [1.54, 1.807) is 0 Å². The summed E-state index contributed by atoms with van der Waals surface area (Å²) >= 11 is 0. The second-order valence-electron chi connectivity index (χ2n) is 7.02. The van der Waals surface area contributed by atoms with E-state index in [-0.39, 0.29) is 6.09 Å². The van der Waals surface area contributed by atoms with Crippen molar-refractivity contribution in [1.82, 2.24) is 9.47 Å². The maximum Gasteiger partial charge on any atom is 0.410 e. The molecule has 1 aromatic heterocycles. The molecule has 23 heavy (non-hydrogen) atoms. The minimum Gasteiger partial charge on any atom is -0.444 e. The molecule has 1 aliphatic rings. The van der Waals surface area contributed by atoms with Crippen LogP contribution in [-0.4, -0.2) is 34.3 Å². The summed E-state index contributed by atoms with van der Waals surface area (Å²) in [5, 5.41) is 2.19. The van der Waals surface area contributed by atoms with E-state index in [4.69, 9.17) is 4.74 Å². The van der Waals surface area contributed by atoms with Gasteiger partial charge in [0.05, 0.1) is 0 Å². The summed E-state index contributed by atoms with van der Waals surface area (Å²) in [5.41, 5.74) is -0.439. The van der Waals surface area contributed by atoms with Gasteiger partial charge < -0.3 is 14.2 Å². The molecule has 2 heterocycles. The molecule has 0 radical (unpaired) electrons. The molecule has 1 amide bonds. The molecule has 0 saturated carbocycles. The van der Waals surface area contributed by atoms with Gasteiger partial charge in [-0.2, -0.15) is 0 Å². The predicted octanol–water partition coefficient (Wildman–Crippen LogP) is 2.83. The maximum atomic E-state index is 12.1. The number of aromatic nitrogens is 1. The largest absolute Gasteiger partial charge is 0.444 e. The van der Waals surface area contributed by atoms with E-state index >= 15 is 0 Å². The summed E-state index contributed by atoms with van der Waals surface area (Å²) in [6.45, 7) is 13.3. The Bertz CT molecular complexity index is 671. The van der Waals surface area contributed by atoms with Crippen molar-refractivity contribution in [3.63, 3.8) is 0 Å². The average Bonchev–Trinajstić information content (AvgIpc) is 2.84. The molecule has 1 fully saturated rings. The van der Waals surface area contributed by atoms with E-state index in [0.717, 1.165) is 36.5 Å². The van der Waals surface area contributed by atoms with Crippen LogP contribution in [0.3, 0.4) is 0 Å². The van der Waals surface area contributed by atoms with E-state index in [0.29, 0.717) is 6.04 Å². The maximum absolute atomic E-state index is 12.1. The van der Waals surface area contributed by atoms with Crippen molar-refractivity contribution in [1.29, 1.82) is 0 Å². The van der Waals surface area contributed by atoms with Gasteiger partial charge in [0.2, 0.25) is 0 Å². The van der Waals surface area contributed by atoms with Crippen LogP contribution in [0.2, 0.25) is 0 Å². The number of carbonyl (C=O) groups excluding carboxylic acids is 1. The van der Waals surface area contributed by atoms with E-state index < -0.39 is 5.60 Å². The Morgan fingerprint density at radius 2 is 2.00 bits per heavy atom. The number of piperidine rings is 1. The predicted molar refractivity (Wildman–Crippen MR) is 94.6 cm³/mol. The van der Waals surface area contributed by atoms with Gasteiger partial charge >= 0.3 is 6.09 Å². The third-order valence-electron chi connectivity index (χ3n) is 4.00. The zero-order chi connectivity index (χ0) is 17.0. The minimum atomic E-state index is -0.439. The van der Waals surface area contributed by atoms with Crippen LogP contribution in [0.5, 0.6) is 0 Å². The molecule has 4 nitrogen and oxygen atoms in total. The van der Waals surface area contributed by atoms with E-state index in [1.165, 1.54) is 0 Å². The Morgan fingerprint density at radius 1 is 1.35 bits per heavy atom. The van der Waals surface area contributed by atoms with E-state index in [9.17, 15) is 4.79 Å². The quantitative estimate of drug-likeness (QED) is 0.841. The molecule has 1 aliphatic heterocycles. The first-order chi connectivity index (χ1) is 10.8. The smallest absolute Gasteiger partial charge is 0.410 e. The summed E-state index contributed by atoms with van der Waals surface area (Å²) in [7, 11) is 0. The van der Waals surface area contributed by atoms with Crippen LogP contribution in [0.15, 0.2) is 24.4 Å². The summed E-state index contributed by atoms with van der Waals surface area (Å²) < 4.78 is 7.74. The molecule has 0 atom stereocenters. The molecule has 0 aromatic carbocycles. The summed E-state index contributed by atoms with van der Waals surface area (Å²) in [4.78, 5) is 14.0. The van der Waals surface area contributed by atoms with Crippen LogP contribution in [-0.2, 0) is 4.74 Å². The molecule has 1 aromatic rings. The number of ether oxygens (including phenoxy) is 1. The number of amides is 1. The number of nitrogens with zero attached hydrogens (tertiary/aromatic N) is 2. The zero-order valence-electron chi connectivity index (χ0n) is 14.7. The minimum absolute atomic E-state index is 0.206. The second kappa shape index (κ2) is 7.07. The van der Waals surface area contributed by atoms with Crippen LogP contribution in [0, 0.1) is 0 Å². The number of carbonyl (C=O) groups is 1. The first-order valence-corrected chi connectivity index (χ1v) is 8.28. The lowest BCUT2D eigenvalue weighted by Crippen LogP contribution is -2.43. The molecule has 0 unspecified atom stereocenters. The highest BCUT2D eigenvalue weighted by atomic mass is 16.6. The first-order valence-electron chi connectivity index (χ1n) is 8.28. The van der Waals surface area contributed by atoms with Crippen LogP contribution in [0.1, 0.15) is 46.6 Å². The summed E-state index contributed by atoms with van der Waals surface area (Å²) in [6, 6.07) is 2.45. The Morgan fingerprint density at radius 3 is 2.57 bits per heavy atom. The van der Waals surface area contributed by atoms with Crippen molar-refractivity contribution in [2.45, 2.75) is 52.2 Å². The average molecular weight is 316 g/mol. The van der Waals surface area contributed by atoms with Gasteiger partial charge in [-0.1, -0.05) is 18.7 Å². The molecule has 2 rings (SSSR count). The fourth-order valence-corrected chi connectivity index (χ4v) is 2.85. The summed E-state index contributed by atoms with van der Waals surface area (Å²) in [5.74, 6) is 0. The van der Waals surface area contributed by atoms with E-state index in [1.807, 2.05) is 44.7 Å². The molecule has 4 heteroatoms. The summed E-state index contributed by atoms with van der Waals surface area (Å²) in [6.07, 6.45) is 9.92. The van der Waals surface area contributed by atoms with Crippen LogP contribution >= 0.6 is 0 Å². The van der Waals surface area contributed by atoms with Gasteiger partial charge in [0, 0.05) is 30.7 Å². The van der Waals surface area contributed by atoms with Gasteiger partial charge in [-0.05, 0) is 57.9 Å². The highest BCUT2D eigenvalue weighted by molar-refractivity contribution is 5.68. The standard InChI is InChI=1S/C19H28N2O2/c1-6-7-8-17-15(2)9-14-21(17)16-10-12-20(13-11-16)18(22)23-19(3,4)5/h6-9,14,16H,2,10-13H2,1,3-5H3/b7-6-,17-8+. The van der Waals surface area contributed by atoms with E-state index in [2.05, 4.69) is 29.5 Å². The Labute approximate surface area is 138 Å². The highest BCUT2D eigenvalue weighted by Crippen LogP contribution is 2.22. The molecule has 1 saturated heterocycles. The van der Waals surface area contributed by atoms with Crippen LogP contribution < -0.4 is 10.6 Å². The molecule has 0 N–H and O–H groups in total. The van der Waals surface area contributed by atoms with Crippen LogP contribution in [0.25, 0.3) is 12.7 Å². The van der Waals surface area contributed by atoms with Crippen molar-refractivity contribution in [3.05, 3.63) is 35.0 Å². The number of rotatable bonds is 2. The van der Waals surface area contributed by atoms with Gasteiger partial charge in [-0.3, -0.25) is 0 Å². The first kappa shape index (κ1) is 17.4. The number of allylic oxidation sites excluding steroid dienone is 2. The van der Waals surface area contributed by atoms with Crippen molar-refractivity contribution in [3.8, 4) is 0 Å². The monoisotopic (exact) mass is 316 g/mol. The fourth-order valence-electron chi connectivity index (χ4n) is 2.85. The number of likely N-dealkylation sites (tertiary alicyclic amines) is 1. The van der Waals surface area contributed by atoms with Gasteiger partial charge in [0.1, 0.15) is 5.60 Å². The molecule has 0 bridgehead atoms. The Kier molecular flexibility index (Phi) is 5.34. The fraction of sp³-hybridized carbons (Fsp3) is 0.526. The molecule has 0 spiro atoms. The molecule has 126 valence electrons. The second-order valence-corrected chi connectivity index (χ2v) is 7.02. The molecule has 0 aliphatic carbocycles. The van der Waals surface area contributed by atoms with Crippen molar-refractivity contribution < 1.29 is 9.53 Å². The van der Waals surface area contributed by atoms with Gasteiger partial charge in [0.25, 0.3) is 0 Å². The molecular formula is C19H28N2O2. The van der Waals surface area contributed by atoms with Crippen molar-refractivity contribution >= 4 is 18.7 Å². The normalized spacial score (nSPS) is 17.9. The van der Waals surface area contributed by atoms with Crippen molar-refractivity contribution in [2.24, 2.45) is 0 Å². The van der Waals surface area contributed by atoms with Gasteiger partial charge in [-0.25, -0.2) is 4.79 Å². The highest BCUT2D eigenvalue weighted by Gasteiger charge is 2.27. The van der Waals surface area contributed by atoms with Crippen LogP contribution in [0.4, 0.5) is 4.79 Å². The van der Waals surface area contributed by atoms with Gasteiger partial charge in [-0.15, -0.1) is 0 Å². The SMILES string of the molecule is C=c1ccn(C2CCN(C(=O)OC(C)(C)C)CC2)/c1=C/C=C\C. The number of hydrogen-bond acceptors (Lipinski definition) is 2. The Balaban J connectivity index is 2.06. The third kappa shape index (κ3) is 4.50.